The van der Waals surface area contributed by atoms with E-state index >= 15 is 0 Å². The molecule has 2 aromatic heterocycles. The topological polar surface area (TPSA) is 66.6 Å². The van der Waals surface area contributed by atoms with Crippen LogP contribution in [-0.4, -0.2) is 39.5 Å². The van der Waals surface area contributed by atoms with Gasteiger partial charge in [0.2, 0.25) is 0 Å². The molecule has 0 aliphatic carbocycles. The molecule has 0 bridgehead atoms. The van der Waals surface area contributed by atoms with Gasteiger partial charge in [-0.3, -0.25) is 4.79 Å². The van der Waals surface area contributed by atoms with Gasteiger partial charge in [-0.15, -0.1) is 0 Å². The molecule has 1 saturated heterocycles. The number of hydrazone groups is 1. The zero-order valence-electron chi connectivity index (χ0n) is 19.8. The van der Waals surface area contributed by atoms with Crippen molar-refractivity contribution in [1.29, 1.82) is 0 Å². The largest absolute Gasteiger partial charge is 0.356 e. The van der Waals surface area contributed by atoms with E-state index in [0.29, 0.717) is 11.3 Å². The van der Waals surface area contributed by atoms with E-state index in [4.69, 9.17) is 10.1 Å². The van der Waals surface area contributed by atoms with Crippen LogP contribution in [0, 0.1) is 6.92 Å². The zero-order valence-corrected chi connectivity index (χ0v) is 19.8. The number of anilines is 2. The Morgan fingerprint density at radius 2 is 1.54 bits per heavy atom. The first-order valence-electron chi connectivity index (χ1n) is 12.0. The van der Waals surface area contributed by atoms with Crippen molar-refractivity contribution < 1.29 is 4.79 Å². The van der Waals surface area contributed by atoms with Gasteiger partial charge < -0.3 is 4.90 Å². The molecule has 0 spiro atoms. The maximum absolute atomic E-state index is 13.4. The lowest BCUT2D eigenvalue weighted by molar-refractivity contribution is -0.114. The van der Waals surface area contributed by atoms with Gasteiger partial charge in [0.1, 0.15) is 5.82 Å². The molecule has 2 aliphatic heterocycles. The summed E-state index contributed by atoms with van der Waals surface area (Å²) in [5.41, 5.74) is 5.66. The second kappa shape index (κ2) is 8.51. The summed E-state index contributed by atoms with van der Waals surface area (Å²) in [5.74, 6) is 0.760. The van der Waals surface area contributed by atoms with Gasteiger partial charge in [0.15, 0.2) is 5.65 Å². The van der Waals surface area contributed by atoms with Crippen molar-refractivity contribution in [1.82, 2.24) is 14.8 Å². The molecular weight excluding hydrogens is 436 g/mol. The smallest absolute Gasteiger partial charge is 0.280 e. The number of hydrogen-bond donors (Lipinski definition) is 0. The summed E-state index contributed by atoms with van der Waals surface area (Å²) in [4.78, 5) is 20.8. The van der Waals surface area contributed by atoms with Crippen molar-refractivity contribution >= 4 is 40.2 Å². The first kappa shape index (κ1) is 21.3. The van der Waals surface area contributed by atoms with Crippen LogP contribution < -0.4 is 9.91 Å². The number of pyridine rings is 1. The van der Waals surface area contributed by atoms with Crippen LogP contribution in [0.25, 0.3) is 22.8 Å². The number of aryl methyl sites for hydroxylation is 1. The number of hydrogen-bond acceptors (Lipinski definition) is 5. The van der Waals surface area contributed by atoms with Crippen LogP contribution in [-0.2, 0) is 4.79 Å². The maximum Gasteiger partial charge on any atom is 0.280 e. The molecule has 0 unspecified atom stereocenters. The normalized spacial score (nSPS) is 17.1. The molecule has 0 N–H and O–H groups in total. The van der Waals surface area contributed by atoms with E-state index in [2.05, 4.69) is 16.1 Å². The Kier molecular flexibility index (Phi) is 5.17. The average molecular weight is 463 g/mol. The molecule has 7 heteroatoms. The number of carbonyl (C=O) groups excluding carboxylic acids is 1. The standard InChI is InChI=1S/C28H26N6O/c1-19-24-17-21(18-25-20(2)31-34(28(25)35)23-13-7-4-8-14-23)26(32-15-9-10-16-32)29-27(24)33(30-19)22-11-5-3-6-12-22/h3-8,11-14,17-18H,9-10,15-16H2,1-2H3/b25-18-. The first-order valence-corrected chi connectivity index (χ1v) is 12.0. The van der Waals surface area contributed by atoms with Gasteiger partial charge in [-0.2, -0.15) is 15.2 Å². The van der Waals surface area contributed by atoms with Crippen molar-refractivity contribution in [3.05, 3.63) is 83.6 Å². The summed E-state index contributed by atoms with van der Waals surface area (Å²) in [5, 5.41) is 11.8. The quantitative estimate of drug-likeness (QED) is 0.394. The molecule has 0 atom stereocenters. The van der Waals surface area contributed by atoms with Crippen LogP contribution in [0.1, 0.15) is 31.0 Å². The summed E-state index contributed by atoms with van der Waals surface area (Å²) in [6.07, 6.45) is 4.21. The fourth-order valence-electron chi connectivity index (χ4n) is 4.81. The Morgan fingerprint density at radius 1 is 0.886 bits per heavy atom. The Balaban J connectivity index is 1.49. The fourth-order valence-corrected chi connectivity index (χ4v) is 4.81. The number of aromatic nitrogens is 3. The lowest BCUT2D eigenvalue weighted by Crippen LogP contribution is -2.22. The van der Waals surface area contributed by atoms with E-state index < -0.39 is 0 Å². The Morgan fingerprint density at radius 3 is 2.23 bits per heavy atom. The second-order valence-electron chi connectivity index (χ2n) is 9.00. The van der Waals surface area contributed by atoms with Crippen LogP contribution in [0.2, 0.25) is 0 Å². The number of rotatable bonds is 4. The highest BCUT2D eigenvalue weighted by molar-refractivity contribution is 6.32. The molecule has 2 aliphatic rings. The molecule has 0 saturated carbocycles. The minimum absolute atomic E-state index is 0.127. The third-order valence-corrected chi connectivity index (χ3v) is 6.62. The zero-order chi connectivity index (χ0) is 23.9. The Bertz CT molecular complexity index is 1480. The molecule has 35 heavy (non-hydrogen) atoms. The Hall–Kier alpha value is -4.26. The van der Waals surface area contributed by atoms with Crippen molar-refractivity contribution in [2.45, 2.75) is 26.7 Å². The third kappa shape index (κ3) is 3.69. The molecule has 4 aromatic rings. The minimum Gasteiger partial charge on any atom is -0.356 e. The van der Waals surface area contributed by atoms with Gasteiger partial charge >= 0.3 is 0 Å². The van der Waals surface area contributed by atoms with Gasteiger partial charge in [-0.25, -0.2) is 9.67 Å². The fraction of sp³-hybridized carbons (Fsp3) is 0.214. The maximum atomic E-state index is 13.4. The number of para-hydroxylation sites is 2. The van der Waals surface area contributed by atoms with Gasteiger partial charge in [0.25, 0.3) is 5.91 Å². The lowest BCUT2D eigenvalue weighted by atomic mass is 10.1. The van der Waals surface area contributed by atoms with Crippen molar-refractivity contribution in [2.24, 2.45) is 5.10 Å². The van der Waals surface area contributed by atoms with Gasteiger partial charge in [0.05, 0.1) is 28.4 Å². The predicted molar refractivity (Wildman–Crippen MR) is 140 cm³/mol. The summed E-state index contributed by atoms with van der Waals surface area (Å²) in [7, 11) is 0. The minimum atomic E-state index is -0.127. The lowest BCUT2D eigenvalue weighted by Gasteiger charge is -2.19. The van der Waals surface area contributed by atoms with Crippen molar-refractivity contribution in [2.75, 3.05) is 23.0 Å². The van der Waals surface area contributed by atoms with E-state index in [9.17, 15) is 4.79 Å². The third-order valence-electron chi connectivity index (χ3n) is 6.62. The van der Waals surface area contributed by atoms with Crippen molar-refractivity contribution in [3.63, 3.8) is 0 Å². The summed E-state index contributed by atoms with van der Waals surface area (Å²) >= 11 is 0. The molecule has 1 amide bonds. The molecule has 174 valence electrons. The summed E-state index contributed by atoms with van der Waals surface area (Å²) < 4.78 is 1.91. The van der Waals surface area contributed by atoms with Gasteiger partial charge in [-0.1, -0.05) is 36.4 Å². The SMILES string of the molecule is CC1=NN(c2ccccc2)C(=O)/C1=C\c1cc2c(C)nn(-c3ccccc3)c2nc1N1CCCC1. The van der Waals surface area contributed by atoms with E-state index in [1.807, 2.05) is 85.3 Å². The van der Waals surface area contributed by atoms with Crippen molar-refractivity contribution in [3.8, 4) is 5.69 Å². The van der Waals surface area contributed by atoms with E-state index in [1.54, 1.807) is 0 Å². The van der Waals surface area contributed by atoms with Crippen LogP contribution >= 0.6 is 0 Å². The monoisotopic (exact) mass is 462 g/mol. The average Bonchev–Trinajstić information content (AvgIpc) is 3.60. The van der Waals surface area contributed by atoms with Crippen LogP contribution in [0.4, 0.5) is 11.5 Å². The molecule has 4 heterocycles. The van der Waals surface area contributed by atoms with Crippen LogP contribution in [0.3, 0.4) is 0 Å². The highest BCUT2D eigenvalue weighted by Crippen LogP contribution is 2.32. The molecule has 1 fully saturated rings. The number of fused-ring (bicyclic) bond motifs is 1. The van der Waals surface area contributed by atoms with E-state index in [-0.39, 0.29) is 5.91 Å². The molecule has 0 radical (unpaired) electrons. The summed E-state index contributed by atoms with van der Waals surface area (Å²) in [6, 6.07) is 21.7. The van der Waals surface area contributed by atoms with Gasteiger partial charge in [0, 0.05) is 24.0 Å². The molecule has 6 rings (SSSR count). The summed E-state index contributed by atoms with van der Waals surface area (Å²) in [6.45, 7) is 5.78. The van der Waals surface area contributed by atoms with Crippen LogP contribution in [0.5, 0.6) is 0 Å². The number of carbonyl (C=O) groups is 1. The highest BCUT2D eigenvalue weighted by atomic mass is 16.2. The molecule has 7 nitrogen and oxygen atoms in total. The van der Waals surface area contributed by atoms with Crippen LogP contribution in [0.15, 0.2) is 77.4 Å². The Labute approximate surface area is 204 Å². The van der Waals surface area contributed by atoms with E-state index in [0.717, 1.165) is 65.4 Å². The second-order valence-corrected chi connectivity index (χ2v) is 9.00. The highest BCUT2D eigenvalue weighted by Gasteiger charge is 2.30. The molecular formula is C28H26N6O. The van der Waals surface area contributed by atoms with Gasteiger partial charge in [-0.05, 0) is 63.1 Å². The van der Waals surface area contributed by atoms with E-state index in [1.165, 1.54) is 5.01 Å². The molecule has 2 aromatic carbocycles. The number of benzene rings is 2. The first-order chi connectivity index (χ1) is 17.1. The number of amides is 1. The number of nitrogens with zero attached hydrogens (tertiary/aromatic N) is 6. The predicted octanol–water partition coefficient (Wildman–Crippen LogP) is 5.14.